The number of anilines is 1. The van der Waals surface area contributed by atoms with Crippen molar-refractivity contribution in [2.24, 2.45) is 0 Å². The molecule has 9 heteroatoms. The van der Waals surface area contributed by atoms with Crippen LogP contribution in [0.25, 0.3) is 10.8 Å². The van der Waals surface area contributed by atoms with Crippen LogP contribution < -0.4 is 10.6 Å². The molecule has 0 saturated carbocycles. The second kappa shape index (κ2) is 10.3. The van der Waals surface area contributed by atoms with E-state index in [0.29, 0.717) is 17.5 Å². The lowest BCUT2D eigenvalue weighted by atomic mass is 10.1. The molecule has 0 aliphatic carbocycles. The fraction of sp³-hybridized carbons (Fsp3) is 0.167. The minimum absolute atomic E-state index is 0.0278. The van der Waals surface area contributed by atoms with Crippen LogP contribution >= 0.6 is 11.8 Å². The first-order valence-corrected chi connectivity index (χ1v) is 11.4. The Hall–Kier alpha value is -3.72. The van der Waals surface area contributed by atoms with E-state index in [-0.39, 0.29) is 23.8 Å². The van der Waals surface area contributed by atoms with Gasteiger partial charge in [0.25, 0.3) is 5.91 Å². The van der Waals surface area contributed by atoms with Gasteiger partial charge in [0.2, 0.25) is 5.91 Å². The van der Waals surface area contributed by atoms with E-state index in [9.17, 15) is 14.0 Å². The number of carbonyl (C=O) groups excluding carboxylic acids is 2. The van der Waals surface area contributed by atoms with Gasteiger partial charge in [-0.3, -0.25) is 9.59 Å². The van der Waals surface area contributed by atoms with Gasteiger partial charge in [0, 0.05) is 12.2 Å². The van der Waals surface area contributed by atoms with Crippen molar-refractivity contribution in [2.45, 2.75) is 25.2 Å². The van der Waals surface area contributed by atoms with Crippen LogP contribution in [-0.4, -0.2) is 32.3 Å². The van der Waals surface area contributed by atoms with Crippen molar-refractivity contribution in [3.63, 3.8) is 0 Å². The third-order valence-electron chi connectivity index (χ3n) is 5.00. The highest BCUT2D eigenvalue weighted by atomic mass is 32.2. The highest BCUT2D eigenvalue weighted by molar-refractivity contribution is 7.99. The van der Waals surface area contributed by atoms with Crippen LogP contribution in [0.2, 0.25) is 0 Å². The molecule has 168 valence electrons. The summed E-state index contributed by atoms with van der Waals surface area (Å²) >= 11 is 1.26. The van der Waals surface area contributed by atoms with Crippen molar-refractivity contribution in [3.8, 4) is 0 Å². The third-order valence-corrected chi connectivity index (χ3v) is 5.97. The number of nitrogens with zero attached hydrogens (tertiary/aromatic N) is 3. The largest absolute Gasteiger partial charge is 0.345 e. The summed E-state index contributed by atoms with van der Waals surface area (Å²) in [7, 11) is 0. The summed E-state index contributed by atoms with van der Waals surface area (Å²) in [5.74, 6) is -0.578. The molecule has 0 radical (unpaired) electrons. The molecule has 2 amide bonds. The van der Waals surface area contributed by atoms with Crippen LogP contribution in [-0.2, 0) is 17.9 Å². The standard InChI is InChI=1S/C24H22FN5O2S/c1-2-30-21(14-26-23(32)19-9-5-6-10-20(19)25)28-29-24(30)33-15-22(31)27-18-12-11-16-7-3-4-8-17(16)13-18/h3-13H,2,14-15H2,1H3,(H,26,32)(H,27,31). The second-order valence-corrected chi connectivity index (χ2v) is 8.15. The quantitative estimate of drug-likeness (QED) is 0.382. The molecule has 7 nitrogen and oxygen atoms in total. The zero-order valence-corrected chi connectivity index (χ0v) is 18.7. The Bertz CT molecular complexity index is 1310. The van der Waals surface area contributed by atoms with E-state index >= 15 is 0 Å². The minimum Gasteiger partial charge on any atom is -0.345 e. The predicted molar refractivity (Wildman–Crippen MR) is 127 cm³/mol. The van der Waals surface area contributed by atoms with Crippen LogP contribution in [0, 0.1) is 5.82 Å². The van der Waals surface area contributed by atoms with Crippen LogP contribution in [0.3, 0.4) is 0 Å². The van der Waals surface area contributed by atoms with Gasteiger partial charge in [0.15, 0.2) is 11.0 Å². The molecule has 0 aliphatic heterocycles. The lowest BCUT2D eigenvalue weighted by Crippen LogP contribution is -2.25. The van der Waals surface area contributed by atoms with Gasteiger partial charge in [-0.15, -0.1) is 10.2 Å². The number of halogens is 1. The molecule has 4 rings (SSSR count). The number of carbonyl (C=O) groups is 2. The summed E-state index contributed by atoms with van der Waals surface area (Å²) in [6, 6.07) is 19.5. The van der Waals surface area contributed by atoms with E-state index in [1.165, 1.54) is 30.0 Å². The van der Waals surface area contributed by atoms with Crippen molar-refractivity contribution < 1.29 is 14.0 Å². The Morgan fingerprint density at radius 2 is 1.76 bits per heavy atom. The molecule has 0 saturated heterocycles. The zero-order valence-electron chi connectivity index (χ0n) is 17.9. The maximum Gasteiger partial charge on any atom is 0.254 e. The van der Waals surface area contributed by atoms with Gasteiger partial charge < -0.3 is 15.2 Å². The van der Waals surface area contributed by atoms with Crippen molar-refractivity contribution in [1.82, 2.24) is 20.1 Å². The lowest BCUT2D eigenvalue weighted by Gasteiger charge is -2.09. The molecule has 4 aromatic rings. The fourth-order valence-corrected chi connectivity index (χ4v) is 4.19. The van der Waals surface area contributed by atoms with Crippen LogP contribution in [0.5, 0.6) is 0 Å². The highest BCUT2D eigenvalue weighted by Crippen LogP contribution is 2.21. The van der Waals surface area contributed by atoms with Gasteiger partial charge in [-0.05, 0) is 42.0 Å². The molecular formula is C24H22FN5O2S. The molecule has 0 spiro atoms. The molecule has 0 unspecified atom stereocenters. The first-order chi connectivity index (χ1) is 16.0. The van der Waals surface area contributed by atoms with Crippen molar-refractivity contribution in [1.29, 1.82) is 0 Å². The Labute approximate surface area is 194 Å². The molecule has 3 aromatic carbocycles. The molecule has 1 aromatic heterocycles. The number of hydrogen-bond acceptors (Lipinski definition) is 5. The maximum atomic E-state index is 13.8. The summed E-state index contributed by atoms with van der Waals surface area (Å²) in [5, 5.41) is 16.6. The minimum atomic E-state index is -0.583. The van der Waals surface area contributed by atoms with Gasteiger partial charge in [0.05, 0.1) is 17.9 Å². The number of aromatic nitrogens is 3. The Balaban J connectivity index is 1.35. The molecule has 0 fully saturated rings. The predicted octanol–water partition coefficient (Wildman–Crippen LogP) is 4.25. The van der Waals surface area contributed by atoms with Crippen molar-refractivity contribution in [3.05, 3.63) is 83.9 Å². The topological polar surface area (TPSA) is 88.9 Å². The number of thioether (sulfide) groups is 1. The summed E-state index contributed by atoms with van der Waals surface area (Å²) in [5.41, 5.74) is 0.702. The monoisotopic (exact) mass is 463 g/mol. The van der Waals surface area contributed by atoms with E-state index in [1.807, 2.05) is 54.0 Å². The first-order valence-electron chi connectivity index (χ1n) is 10.4. The number of hydrogen-bond donors (Lipinski definition) is 2. The summed E-state index contributed by atoms with van der Waals surface area (Å²) in [6.45, 7) is 2.58. The summed E-state index contributed by atoms with van der Waals surface area (Å²) in [4.78, 5) is 24.7. The molecule has 2 N–H and O–H groups in total. The van der Waals surface area contributed by atoms with E-state index in [1.54, 1.807) is 6.07 Å². The first kappa shape index (κ1) is 22.5. The molecule has 0 bridgehead atoms. The molecule has 0 atom stereocenters. The average molecular weight is 464 g/mol. The number of benzene rings is 3. The van der Waals surface area contributed by atoms with E-state index in [4.69, 9.17) is 0 Å². The Kier molecular flexibility index (Phi) is 6.99. The SMILES string of the molecule is CCn1c(CNC(=O)c2ccccc2F)nnc1SCC(=O)Nc1ccc2ccccc2c1. The normalized spacial score (nSPS) is 10.8. The smallest absolute Gasteiger partial charge is 0.254 e. The number of amides is 2. The molecular weight excluding hydrogens is 441 g/mol. The molecule has 0 aliphatic rings. The van der Waals surface area contributed by atoms with Gasteiger partial charge >= 0.3 is 0 Å². The Morgan fingerprint density at radius 3 is 2.55 bits per heavy atom. The highest BCUT2D eigenvalue weighted by Gasteiger charge is 2.16. The van der Waals surface area contributed by atoms with Crippen LogP contribution in [0.4, 0.5) is 10.1 Å². The van der Waals surface area contributed by atoms with Crippen molar-refractivity contribution >= 4 is 40.0 Å². The van der Waals surface area contributed by atoms with E-state index < -0.39 is 11.7 Å². The lowest BCUT2D eigenvalue weighted by molar-refractivity contribution is -0.113. The summed E-state index contributed by atoms with van der Waals surface area (Å²) in [6.07, 6.45) is 0. The second-order valence-electron chi connectivity index (χ2n) is 7.20. The number of fused-ring (bicyclic) bond motifs is 1. The maximum absolute atomic E-state index is 13.8. The fourth-order valence-electron chi connectivity index (χ4n) is 3.37. The third kappa shape index (κ3) is 5.38. The number of rotatable bonds is 8. The van der Waals surface area contributed by atoms with E-state index in [2.05, 4.69) is 20.8 Å². The van der Waals surface area contributed by atoms with Gasteiger partial charge in [-0.1, -0.05) is 54.2 Å². The number of nitrogens with one attached hydrogen (secondary N) is 2. The summed E-state index contributed by atoms with van der Waals surface area (Å²) < 4.78 is 15.6. The zero-order chi connectivity index (χ0) is 23.2. The van der Waals surface area contributed by atoms with Crippen molar-refractivity contribution in [2.75, 3.05) is 11.1 Å². The average Bonchev–Trinajstić information content (AvgIpc) is 3.23. The molecule has 1 heterocycles. The van der Waals surface area contributed by atoms with Gasteiger partial charge in [-0.2, -0.15) is 0 Å². The van der Waals surface area contributed by atoms with Crippen LogP contribution in [0.15, 0.2) is 71.9 Å². The van der Waals surface area contributed by atoms with E-state index in [0.717, 1.165) is 16.5 Å². The van der Waals surface area contributed by atoms with Gasteiger partial charge in [-0.25, -0.2) is 4.39 Å². The van der Waals surface area contributed by atoms with Gasteiger partial charge in [0.1, 0.15) is 5.82 Å². The van der Waals surface area contributed by atoms with Crippen LogP contribution in [0.1, 0.15) is 23.1 Å². The Morgan fingerprint density at radius 1 is 1.00 bits per heavy atom. The molecule has 33 heavy (non-hydrogen) atoms.